The van der Waals surface area contributed by atoms with E-state index in [-0.39, 0.29) is 18.1 Å². The predicted molar refractivity (Wildman–Crippen MR) is 159 cm³/mol. The Labute approximate surface area is 245 Å². The molecular weight excluding hydrogens is 522 g/mol. The highest BCUT2D eigenvalue weighted by Gasteiger charge is 2.36. The van der Waals surface area contributed by atoms with Crippen LogP contribution in [0.3, 0.4) is 0 Å². The molecule has 0 amide bonds. The molecule has 41 heavy (non-hydrogen) atoms. The number of nitrogens with one attached hydrogen (secondary N) is 1. The number of anilines is 1. The summed E-state index contributed by atoms with van der Waals surface area (Å²) < 4.78 is 35.5. The number of morpholine rings is 1. The molecular formula is C32H47N3O6. The first-order chi connectivity index (χ1) is 20.2. The Bertz CT molecular complexity index is 1070. The summed E-state index contributed by atoms with van der Waals surface area (Å²) in [7, 11) is 3.45. The summed E-state index contributed by atoms with van der Waals surface area (Å²) in [5, 5.41) is 3.58. The van der Waals surface area contributed by atoms with Crippen LogP contribution >= 0.6 is 0 Å². The van der Waals surface area contributed by atoms with Crippen molar-refractivity contribution in [1.82, 2.24) is 10.2 Å². The Morgan fingerprint density at radius 2 is 1.76 bits per heavy atom. The largest absolute Gasteiger partial charge is 0.497 e. The van der Waals surface area contributed by atoms with Gasteiger partial charge in [-0.2, -0.15) is 0 Å². The van der Waals surface area contributed by atoms with Gasteiger partial charge in [-0.05, 0) is 48.7 Å². The highest BCUT2D eigenvalue weighted by atomic mass is 16.5. The molecule has 0 radical (unpaired) electrons. The van der Waals surface area contributed by atoms with E-state index < -0.39 is 0 Å². The lowest BCUT2D eigenvalue weighted by molar-refractivity contribution is -0.0706. The number of nitrogens with zero attached hydrogens (tertiary/aromatic N) is 2. The molecule has 2 fully saturated rings. The summed E-state index contributed by atoms with van der Waals surface area (Å²) in [5.41, 5.74) is 3.49. The van der Waals surface area contributed by atoms with E-state index in [0.717, 1.165) is 88.3 Å². The molecule has 2 aromatic rings. The quantitative estimate of drug-likeness (QED) is 0.366. The Balaban J connectivity index is 1.26. The van der Waals surface area contributed by atoms with Crippen molar-refractivity contribution < 1.29 is 28.4 Å². The van der Waals surface area contributed by atoms with Crippen molar-refractivity contribution in [3.63, 3.8) is 0 Å². The van der Waals surface area contributed by atoms with Crippen LogP contribution in [-0.2, 0) is 25.6 Å². The van der Waals surface area contributed by atoms with Crippen LogP contribution in [0.5, 0.6) is 11.5 Å². The fourth-order valence-electron chi connectivity index (χ4n) is 6.10. The smallest absolute Gasteiger partial charge is 0.142 e. The van der Waals surface area contributed by atoms with E-state index in [1.807, 2.05) is 12.1 Å². The maximum atomic E-state index is 6.68. The molecule has 2 saturated heterocycles. The zero-order valence-electron chi connectivity index (χ0n) is 24.9. The number of rotatable bonds is 13. The molecule has 1 N–H and O–H groups in total. The van der Waals surface area contributed by atoms with E-state index in [2.05, 4.69) is 52.4 Å². The highest BCUT2D eigenvalue weighted by molar-refractivity contribution is 5.61. The number of piperidine rings is 1. The van der Waals surface area contributed by atoms with Crippen molar-refractivity contribution in [2.45, 2.75) is 44.1 Å². The van der Waals surface area contributed by atoms with Crippen LogP contribution in [0.2, 0.25) is 0 Å². The molecule has 9 heteroatoms. The number of benzene rings is 2. The zero-order chi connectivity index (χ0) is 28.4. The standard InChI is InChI=1S/C32H47N3O6/c1-24-22-38-16-12-34(24)13-17-40-30-20-33-21-31(32(30)26-6-8-27(37-3)9-7-26)41-23-25-5-10-29-28(19-25)35(14-18-39-29)11-4-15-36-2/h5-10,19,24,30-33H,4,11-18,20-23H2,1-3H3/t24-,30-,31+,32+/m1/s1. The fraction of sp³-hybridized carbons (Fsp3) is 0.625. The lowest BCUT2D eigenvalue weighted by atomic mass is 9.85. The Hall–Kier alpha value is -2.40. The average molecular weight is 570 g/mol. The summed E-state index contributed by atoms with van der Waals surface area (Å²) in [5.74, 6) is 1.90. The summed E-state index contributed by atoms with van der Waals surface area (Å²) in [4.78, 5) is 4.84. The van der Waals surface area contributed by atoms with Crippen LogP contribution in [-0.4, -0.2) is 110 Å². The molecule has 0 saturated carbocycles. The van der Waals surface area contributed by atoms with Crippen molar-refractivity contribution >= 4 is 5.69 Å². The van der Waals surface area contributed by atoms with Gasteiger partial charge in [0.15, 0.2) is 0 Å². The van der Waals surface area contributed by atoms with Gasteiger partial charge >= 0.3 is 0 Å². The molecule has 3 heterocycles. The molecule has 2 aromatic carbocycles. The van der Waals surface area contributed by atoms with Gasteiger partial charge in [0, 0.05) is 58.4 Å². The summed E-state index contributed by atoms with van der Waals surface area (Å²) in [6.07, 6.45) is 0.959. The average Bonchev–Trinajstić information content (AvgIpc) is 3.01. The number of ether oxygens (including phenoxy) is 6. The molecule has 0 unspecified atom stereocenters. The fourth-order valence-corrected chi connectivity index (χ4v) is 6.10. The van der Waals surface area contributed by atoms with Gasteiger partial charge < -0.3 is 38.6 Å². The first-order valence-corrected chi connectivity index (χ1v) is 15.1. The molecule has 5 rings (SSSR count). The minimum Gasteiger partial charge on any atom is -0.497 e. The minimum atomic E-state index is -0.0328. The van der Waals surface area contributed by atoms with Crippen molar-refractivity contribution in [2.24, 2.45) is 0 Å². The lowest BCUT2D eigenvalue weighted by Gasteiger charge is -2.39. The first kappa shape index (κ1) is 30.1. The molecule has 3 aliphatic heterocycles. The minimum absolute atomic E-state index is 0.00620. The topological polar surface area (TPSA) is 73.9 Å². The van der Waals surface area contributed by atoms with E-state index in [0.29, 0.717) is 25.9 Å². The molecule has 226 valence electrons. The van der Waals surface area contributed by atoms with Gasteiger partial charge in [-0.15, -0.1) is 0 Å². The predicted octanol–water partition coefficient (Wildman–Crippen LogP) is 3.31. The van der Waals surface area contributed by atoms with Gasteiger partial charge in [-0.1, -0.05) is 18.2 Å². The van der Waals surface area contributed by atoms with Crippen LogP contribution in [0.25, 0.3) is 0 Å². The van der Waals surface area contributed by atoms with Gasteiger partial charge in [0.1, 0.15) is 18.1 Å². The second-order valence-electron chi connectivity index (χ2n) is 11.2. The Morgan fingerprint density at radius 3 is 2.54 bits per heavy atom. The number of hydrogen-bond acceptors (Lipinski definition) is 9. The molecule has 3 aliphatic rings. The van der Waals surface area contributed by atoms with Crippen LogP contribution in [0.1, 0.15) is 30.4 Å². The van der Waals surface area contributed by atoms with Crippen molar-refractivity contribution in [2.75, 3.05) is 91.4 Å². The van der Waals surface area contributed by atoms with Gasteiger partial charge in [-0.3, -0.25) is 4.90 Å². The van der Waals surface area contributed by atoms with Gasteiger partial charge in [-0.25, -0.2) is 0 Å². The van der Waals surface area contributed by atoms with Crippen molar-refractivity contribution in [3.8, 4) is 11.5 Å². The maximum absolute atomic E-state index is 6.68. The van der Waals surface area contributed by atoms with Crippen LogP contribution in [0, 0.1) is 0 Å². The first-order valence-electron chi connectivity index (χ1n) is 15.1. The molecule has 9 nitrogen and oxygen atoms in total. The number of fused-ring (bicyclic) bond motifs is 1. The van der Waals surface area contributed by atoms with Gasteiger partial charge in [0.05, 0.1) is 58.0 Å². The monoisotopic (exact) mass is 569 g/mol. The van der Waals surface area contributed by atoms with Crippen LogP contribution in [0.15, 0.2) is 42.5 Å². The highest BCUT2D eigenvalue weighted by Crippen LogP contribution is 2.35. The van der Waals surface area contributed by atoms with Crippen LogP contribution < -0.4 is 19.7 Å². The molecule has 4 atom stereocenters. The lowest BCUT2D eigenvalue weighted by Crippen LogP contribution is -2.51. The third-order valence-corrected chi connectivity index (χ3v) is 8.43. The molecule has 0 aromatic heterocycles. The summed E-state index contributed by atoms with van der Waals surface area (Å²) in [6.45, 7) is 11.7. The summed E-state index contributed by atoms with van der Waals surface area (Å²) in [6, 6.07) is 15.2. The number of methoxy groups -OCH3 is 2. The second-order valence-corrected chi connectivity index (χ2v) is 11.2. The Morgan fingerprint density at radius 1 is 0.927 bits per heavy atom. The molecule has 0 bridgehead atoms. The maximum Gasteiger partial charge on any atom is 0.142 e. The SMILES string of the molecule is COCCCN1CCOc2ccc(CO[C@H]3CNC[C@@H](OCCN4CCOC[C@H]4C)[C@@H]3c3ccc(OC)cc3)cc21. The van der Waals surface area contributed by atoms with Gasteiger partial charge in [0.2, 0.25) is 0 Å². The van der Waals surface area contributed by atoms with E-state index in [4.69, 9.17) is 28.4 Å². The van der Waals surface area contributed by atoms with E-state index >= 15 is 0 Å². The van der Waals surface area contributed by atoms with E-state index in [9.17, 15) is 0 Å². The number of hydrogen-bond donors (Lipinski definition) is 1. The second kappa shape index (κ2) is 15.2. The van der Waals surface area contributed by atoms with E-state index in [1.54, 1.807) is 14.2 Å². The summed E-state index contributed by atoms with van der Waals surface area (Å²) >= 11 is 0. The molecule has 0 spiro atoms. The van der Waals surface area contributed by atoms with Crippen molar-refractivity contribution in [1.29, 1.82) is 0 Å². The third kappa shape index (κ3) is 7.91. The van der Waals surface area contributed by atoms with Gasteiger partial charge in [0.25, 0.3) is 0 Å². The van der Waals surface area contributed by atoms with Crippen LogP contribution in [0.4, 0.5) is 5.69 Å². The Kier molecular flexibility index (Phi) is 11.1. The van der Waals surface area contributed by atoms with E-state index in [1.165, 1.54) is 5.56 Å². The normalized spacial score (nSPS) is 25.0. The third-order valence-electron chi connectivity index (χ3n) is 8.43. The van der Waals surface area contributed by atoms with Crippen molar-refractivity contribution in [3.05, 3.63) is 53.6 Å². The molecule has 0 aliphatic carbocycles. The zero-order valence-corrected chi connectivity index (χ0v) is 24.9.